The average Bonchev–Trinajstić information content (AvgIpc) is 0.905. The Bertz CT molecular complexity index is 5710. The lowest BCUT2D eigenvalue weighted by Crippen LogP contribution is -2.25. The summed E-state index contributed by atoms with van der Waals surface area (Å²) < 4.78 is 52.8. The largest absolute Gasteiger partial charge is 0.491 e. The van der Waals surface area contributed by atoms with Crippen LogP contribution in [0, 0.1) is 5.92 Å². The lowest BCUT2D eigenvalue weighted by Gasteiger charge is -2.34. The van der Waals surface area contributed by atoms with Crippen LogP contribution in [0.2, 0.25) is 0 Å². The van der Waals surface area contributed by atoms with E-state index in [1.807, 2.05) is 135 Å². The molecule has 2 unspecified atom stereocenters. The lowest BCUT2D eigenvalue weighted by atomic mass is 9.88. The average molecular weight is 1190 g/mol. The molecule has 8 heterocycles. The number of anilines is 11. The summed E-state index contributed by atoms with van der Waals surface area (Å²) in [4.78, 5) is 9.29. The van der Waals surface area contributed by atoms with Gasteiger partial charge in [0.25, 0.3) is 0 Å². The van der Waals surface area contributed by atoms with Crippen LogP contribution in [0.1, 0.15) is 0 Å². The SMILES string of the molecule is C1=CC2OC=C(N(c3coc4ccccc34)c3cc(N(c4coc5ccccc45)c4coc5ccccc45)c4ccc5c(N(c6coc7ccccc67)c6coc7ccccc67)cc(N(c6coc7ccccc67)c6coc7ccccc67)c6ccc3c4c65)C2C=C1. The monoisotopic (exact) mass is 1190 g/mol. The van der Waals surface area contributed by atoms with Crippen molar-refractivity contribution in [3.8, 4) is 0 Å². The summed E-state index contributed by atoms with van der Waals surface area (Å²) >= 11 is 0. The van der Waals surface area contributed by atoms with Crippen molar-refractivity contribution >= 4 is 172 Å². The van der Waals surface area contributed by atoms with Gasteiger partial charge in [-0.3, -0.25) is 0 Å². The highest BCUT2D eigenvalue weighted by atomic mass is 16.5. The quantitative estimate of drug-likeness (QED) is 0.109. The molecular formula is C80H48N4O8. The van der Waals surface area contributed by atoms with Gasteiger partial charge < -0.3 is 55.3 Å². The molecule has 18 aromatic rings. The molecule has 1 aliphatic heterocycles. The number of rotatable bonds is 12. The van der Waals surface area contributed by atoms with Gasteiger partial charge in [0.1, 0.15) is 95.3 Å². The molecule has 0 saturated heterocycles. The van der Waals surface area contributed by atoms with Crippen LogP contribution < -0.4 is 19.6 Å². The Morgan fingerprint density at radius 2 is 0.489 bits per heavy atom. The molecule has 0 amide bonds. The van der Waals surface area contributed by atoms with E-state index in [9.17, 15) is 0 Å². The molecule has 0 radical (unpaired) electrons. The molecule has 20 rings (SSSR count). The van der Waals surface area contributed by atoms with Gasteiger partial charge >= 0.3 is 0 Å². The molecule has 0 N–H and O–H groups in total. The number of hydrogen-bond acceptors (Lipinski definition) is 12. The molecule has 2 atom stereocenters. The highest BCUT2D eigenvalue weighted by Gasteiger charge is 2.38. The maximum atomic E-state index is 6.70. The van der Waals surface area contributed by atoms with Gasteiger partial charge in [0, 0.05) is 70.0 Å². The van der Waals surface area contributed by atoms with Gasteiger partial charge in [-0.15, -0.1) is 0 Å². The van der Waals surface area contributed by atoms with Gasteiger partial charge in [-0.1, -0.05) is 127 Å². The molecule has 12 nitrogen and oxygen atoms in total. The van der Waals surface area contributed by atoms with Gasteiger partial charge in [0.2, 0.25) is 0 Å². The van der Waals surface area contributed by atoms with E-state index in [0.717, 1.165) is 177 Å². The van der Waals surface area contributed by atoms with Crippen molar-refractivity contribution in [3.05, 3.63) is 286 Å². The first-order valence-electron chi connectivity index (χ1n) is 30.6. The number of nitrogens with zero attached hydrogens (tertiary/aromatic N) is 4. The zero-order valence-corrected chi connectivity index (χ0v) is 48.8. The number of hydrogen-bond donors (Lipinski definition) is 0. The lowest BCUT2D eigenvalue weighted by molar-refractivity contribution is 0.192. The predicted molar refractivity (Wildman–Crippen MR) is 366 cm³/mol. The van der Waals surface area contributed by atoms with Crippen molar-refractivity contribution < 1.29 is 35.7 Å². The number of para-hydroxylation sites is 7. The van der Waals surface area contributed by atoms with Crippen LogP contribution in [0.25, 0.3) is 109 Å². The maximum Gasteiger partial charge on any atom is 0.136 e. The Morgan fingerprint density at radius 3 is 0.783 bits per heavy atom. The molecule has 1 aliphatic carbocycles. The molecule has 0 fully saturated rings. The Balaban J connectivity index is 0.993. The number of fused-ring (bicyclic) bond motifs is 8. The fraction of sp³-hybridized carbons (Fsp3) is 0.0250. The summed E-state index contributed by atoms with van der Waals surface area (Å²) in [7, 11) is 0. The summed E-state index contributed by atoms with van der Waals surface area (Å²) in [6.45, 7) is 0. The van der Waals surface area contributed by atoms with E-state index in [2.05, 4.69) is 165 Å². The standard InChI is InChI=1S/C80H48N4O8/c1-9-25-71-47(17-1)63(39-85-71)81(64-40-86-72-26-10-2-18-48(64)72)59-37-60(82(65-41-87-73-27-11-3-19-49(65)73)66-42-88-74-28-12-4-20-50(66)74)56-35-36-58-62(84(69-45-91-77-31-15-7-23-53(69)77)70-46-92-78-32-16-8-24-54(70)78)38-61(57-34-33-55(59)79(56)80(57)58)83(67-43-89-75-29-13-5-21-51(67)75)68-44-90-76-30-14-6-22-52(68)76/h1-47,71H. The van der Waals surface area contributed by atoms with Crippen LogP contribution in [0.15, 0.2) is 317 Å². The smallest absolute Gasteiger partial charge is 0.136 e. The van der Waals surface area contributed by atoms with Crippen molar-refractivity contribution in [3.63, 3.8) is 0 Å². The van der Waals surface area contributed by atoms with Gasteiger partial charge in [-0.2, -0.15) is 0 Å². The van der Waals surface area contributed by atoms with Crippen molar-refractivity contribution in [2.45, 2.75) is 6.10 Å². The normalized spacial score (nSPS) is 14.8. The minimum atomic E-state index is -0.237. The van der Waals surface area contributed by atoms with Crippen LogP contribution in [0.3, 0.4) is 0 Å². The van der Waals surface area contributed by atoms with Gasteiger partial charge in [-0.05, 0) is 103 Å². The molecule has 436 valence electrons. The topological polar surface area (TPSA) is 114 Å². The maximum absolute atomic E-state index is 6.70. The Hall–Kier alpha value is -12.5. The first-order valence-corrected chi connectivity index (χ1v) is 30.6. The second kappa shape index (κ2) is 19.5. The summed E-state index contributed by atoms with van der Waals surface area (Å²) in [5.74, 6) is -0.160. The minimum absolute atomic E-state index is 0.160. The van der Waals surface area contributed by atoms with Crippen molar-refractivity contribution in [2.24, 2.45) is 5.92 Å². The Kier molecular flexibility index (Phi) is 10.7. The van der Waals surface area contributed by atoms with Crippen molar-refractivity contribution in [2.75, 3.05) is 19.6 Å². The Morgan fingerprint density at radius 1 is 0.239 bits per heavy atom. The third-order valence-corrected chi connectivity index (χ3v) is 18.7. The van der Waals surface area contributed by atoms with E-state index in [-0.39, 0.29) is 12.0 Å². The highest BCUT2D eigenvalue weighted by Crippen LogP contribution is 2.58. The second-order valence-electron chi connectivity index (χ2n) is 23.5. The van der Waals surface area contributed by atoms with Crippen molar-refractivity contribution in [1.82, 2.24) is 0 Å². The third-order valence-electron chi connectivity index (χ3n) is 18.7. The number of ether oxygens (including phenoxy) is 1. The number of benzene rings is 11. The van der Waals surface area contributed by atoms with E-state index < -0.39 is 0 Å². The fourth-order valence-corrected chi connectivity index (χ4v) is 14.6. The summed E-state index contributed by atoms with van der Waals surface area (Å²) in [6, 6.07) is 71.2. The minimum Gasteiger partial charge on any atom is -0.491 e. The molecule has 0 bridgehead atoms. The molecule has 0 spiro atoms. The van der Waals surface area contributed by atoms with E-state index in [0.29, 0.717) is 0 Å². The highest BCUT2D eigenvalue weighted by molar-refractivity contribution is 6.34. The van der Waals surface area contributed by atoms with Crippen LogP contribution in [0.4, 0.5) is 62.6 Å². The van der Waals surface area contributed by atoms with Crippen LogP contribution in [-0.2, 0) is 4.74 Å². The van der Waals surface area contributed by atoms with E-state index in [4.69, 9.17) is 35.7 Å². The van der Waals surface area contributed by atoms with Crippen molar-refractivity contribution in [1.29, 1.82) is 0 Å². The number of furan rings is 7. The first kappa shape index (κ1) is 50.5. The molecular weight excluding hydrogens is 1140 g/mol. The summed E-state index contributed by atoms with van der Waals surface area (Å²) in [5, 5.41) is 12.2. The molecule has 12 heteroatoms. The van der Waals surface area contributed by atoms with E-state index in [1.165, 1.54) is 0 Å². The van der Waals surface area contributed by atoms with Crippen LogP contribution in [-0.4, -0.2) is 6.10 Å². The fourth-order valence-electron chi connectivity index (χ4n) is 14.6. The number of allylic oxidation sites excluding steroid dienone is 2. The molecule has 0 saturated carbocycles. The second-order valence-corrected chi connectivity index (χ2v) is 23.5. The zero-order valence-electron chi connectivity index (χ0n) is 48.8. The zero-order chi connectivity index (χ0) is 60.1. The summed E-state index contributed by atoms with van der Waals surface area (Å²) in [6.07, 6.45) is 23.3. The van der Waals surface area contributed by atoms with Gasteiger partial charge in [0.05, 0.1) is 74.2 Å². The van der Waals surface area contributed by atoms with Crippen LogP contribution in [0.5, 0.6) is 0 Å². The van der Waals surface area contributed by atoms with E-state index >= 15 is 0 Å². The van der Waals surface area contributed by atoms with Gasteiger partial charge in [-0.25, -0.2) is 0 Å². The molecule has 7 aromatic heterocycles. The van der Waals surface area contributed by atoms with E-state index in [1.54, 1.807) is 0 Å². The van der Waals surface area contributed by atoms with Crippen LogP contribution >= 0.6 is 0 Å². The molecule has 92 heavy (non-hydrogen) atoms. The first-order chi connectivity index (χ1) is 45.7. The molecule has 11 aromatic carbocycles. The predicted octanol–water partition coefficient (Wildman–Crippen LogP) is 23.3. The third kappa shape index (κ3) is 7.28. The molecule has 2 aliphatic rings. The Labute approximate surface area is 522 Å². The van der Waals surface area contributed by atoms with Gasteiger partial charge in [0.15, 0.2) is 0 Å². The summed E-state index contributed by atoms with van der Waals surface area (Å²) in [5.41, 5.74) is 15.4.